The van der Waals surface area contributed by atoms with E-state index in [1.807, 2.05) is 0 Å². The maximum Gasteiger partial charge on any atom is 0.258 e. The molecule has 92 valence electrons. The number of amides is 1. The van der Waals surface area contributed by atoms with Crippen LogP contribution in [0.25, 0.3) is 0 Å². The number of pyridine rings is 1. The van der Waals surface area contributed by atoms with E-state index in [0.29, 0.717) is 22.2 Å². The largest absolute Gasteiger partial charge is 0.493 e. The molecule has 1 aromatic heterocycles. The van der Waals surface area contributed by atoms with Gasteiger partial charge in [0.1, 0.15) is 0 Å². The molecule has 0 aliphatic carbocycles. The van der Waals surface area contributed by atoms with Gasteiger partial charge < -0.3 is 10.1 Å². The molecule has 18 heavy (non-hydrogen) atoms. The van der Waals surface area contributed by atoms with Crippen LogP contribution in [0.15, 0.2) is 42.6 Å². The second-order valence-corrected chi connectivity index (χ2v) is 3.90. The van der Waals surface area contributed by atoms with Crippen LogP contribution >= 0.6 is 11.6 Å². The first-order valence-corrected chi connectivity index (χ1v) is 5.65. The minimum Gasteiger partial charge on any atom is -0.493 e. The van der Waals surface area contributed by atoms with Crippen molar-refractivity contribution in [3.8, 4) is 5.75 Å². The second kappa shape index (κ2) is 5.51. The van der Waals surface area contributed by atoms with Gasteiger partial charge in [-0.25, -0.2) is 4.98 Å². The number of ether oxygens (including phenoxy) is 1. The van der Waals surface area contributed by atoms with Crippen LogP contribution in [0.1, 0.15) is 10.4 Å². The van der Waals surface area contributed by atoms with Crippen molar-refractivity contribution in [2.24, 2.45) is 0 Å². The molecule has 0 unspecified atom stereocenters. The summed E-state index contributed by atoms with van der Waals surface area (Å²) in [6, 6.07) is 10.3. The Bertz CT molecular complexity index is 572. The highest BCUT2D eigenvalue weighted by Crippen LogP contribution is 2.22. The highest BCUT2D eigenvalue weighted by Gasteiger charge is 2.12. The Morgan fingerprint density at radius 3 is 2.78 bits per heavy atom. The van der Waals surface area contributed by atoms with Gasteiger partial charge in [0.2, 0.25) is 0 Å². The van der Waals surface area contributed by atoms with E-state index in [9.17, 15) is 4.79 Å². The Hall–Kier alpha value is -2.07. The molecule has 0 spiro atoms. The first-order valence-electron chi connectivity index (χ1n) is 5.27. The van der Waals surface area contributed by atoms with E-state index in [-0.39, 0.29) is 5.91 Å². The second-order valence-electron chi connectivity index (χ2n) is 3.49. The predicted molar refractivity (Wildman–Crippen MR) is 70.2 cm³/mol. The van der Waals surface area contributed by atoms with Gasteiger partial charge in [-0.1, -0.05) is 23.7 Å². The fourth-order valence-electron chi connectivity index (χ4n) is 1.47. The highest BCUT2D eigenvalue weighted by atomic mass is 35.5. The highest BCUT2D eigenvalue weighted by molar-refractivity contribution is 6.34. The van der Waals surface area contributed by atoms with E-state index in [1.165, 1.54) is 7.11 Å². The molecule has 2 rings (SSSR count). The Morgan fingerprint density at radius 1 is 1.28 bits per heavy atom. The zero-order chi connectivity index (χ0) is 13.0. The molecule has 1 aromatic carbocycles. The van der Waals surface area contributed by atoms with Gasteiger partial charge in [-0.2, -0.15) is 0 Å². The summed E-state index contributed by atoms with van der Waals surface area (Å²) in [5, 5.41) is 3.05. The monoisotopic (exact) mass is 262 g/mol. The molecule has 0 atom stereocenters. The van der Waals surface area contributed by atoms with Gasteiger partial charge in [-0.3, -0.25) is 4.79 Å². The maximum absolute atomic E-state index is 12.0. The summed E-state index contributed by atoms with van der Waals surface area (Å²) in [7, 11) is 1.52. The van der Waals surface area contributed by atoms with Gasteiger partial charge in [0.15, 0.2) is 11.6 Å². The topological polar surface area (TPSA) is 51.2 Å². The third kappa shape index (κ3) is 2.60. The molecule has 0 radical (unpaired) electrons. The third-order valence-electron chi connectivity index (χ3n) is 2.34. The summed E-state index contributed by atoms with van der Waals surface area (Å²) in [6.07, 6.45) is 1.57. The number of hydrogen-bond acceptors (Lipinski definition) is 3. The van der Waals surface area contributed by atoms with Crippen molar-refractivity contribution in [3.63, 3.8) is 0 Å². The van der Waals surface area contributed by atoms with Crippen LogP contribution in [0.5, 0.6) is 5.75 Å². The summed E-state index contributed by atoms with van der Waals surface area (Å²) < 4.78 is 5.10. The number of rotatable bonds is 3. The van der Waals surface area contributed by atoms with E-state index in [4.69, 9.17) is 16.3 Å². The quantitative estimate of drug-likeness (QED) is 0.925. The minimum atomic E-state index is -0.322. The van der Waals surface area contributed by atoms with Crippen molar-refractivity contribution in [2.75, 3.05) is 12.4 Å². The first-order chi connectivity index (χ1) is 8.72. The smallest absolute Gasteiger partial charge is 0.258 e. The number of halogens is 1. The average molecular weight is 263 g/mol. The number of nitrogens with one attached hydrogen (secondary N) is 1. The summed E-state index contributed by atoms with van der Waals surface area (Å²) in [5.74, 6) is 0.542. The molecular weight excluding hydrogens is 252 g/mol. The molecule has 0 aliphatic rings. The van der Waals surface area contributed by atoms with Gasteiger partial charge in [-0.15, -0.1) is 0 Å². The van der Waals surface area contributed by atoms with E-state index in [0.717, 1.165) is 0 Å². The summed E-state index contributed by atoms with van der Waals surface area (Å²) >= 11 is 5.95. The summed E-state index contributed by atoms with van der Waals surface area (Å²) in [5.41, 5.74) is 0.395. The predicted octanol–water partition coefficient (Wildman–Crippen LogP) is 3.00. The molecule has 5 heteroatoms. The fourth-order valence-corrected chi connectivity index (χ4v) is 1.69. The van der Waals surface area contributed by atoms with Crippen molar-refractivity contribution >= 4 is 23.3 Å². The first kappa shape index (κ1) is 12.4. The van der Waals surface area contributed by atoms with Crippen molar-refractivity contribution in [3.05, 3.63) is 53.2 Å². The standard InChI is InChI=1S/C13H11ClN2O2/c1-18-11-7-4-8-15-12(11)16-13(17)9-5-2-3-6-10(9)14/h2-8H,1H3,(H,15,16,17). The minimum absolute atomic E-state index is 0.322. The number of methoxy groups -OCH3 is 1. The lowest BCUT2D eigenvalue weighted by Crippen LogP contribution is -2.14. The van der Waals surface area contributed by atoms with Crippen LogP contribution in [0.4, 0.5) is 5.82 Å². The molecule has 1 amide bonds. The molecule has 0 saturated carbocycles. The van der Waals surface area contributed by atoms with Gasteiger partial charge in [0.05, 0.1) is 17.7 Å². The lowest BCUT2D eigenvalue weighted by molar-refractivity contribution is 0.102. The number of anilines is 1. The van der Waals surface area contributed by atoms with Crippen LogP contribution in [-0.2, 0) is 0 Å². The van der Waals surface area contributed by atoms with Crippen LogP contribution in [0.3, 0.4) is 0 Å². The Balaban J connectivity index is 2.24. The lowest BCUT2D eigenvalue weighted by Gasteiger charge is -2.09. The van der Waals surface area contributed by atoms with E-state index in [2.05, 4.69) is 10.3 Å². The number of nitrogens with zero attached hydrogens (tertiary/aromatic N) is 1. The van der Waals surface area contributed by atoms with Gasteiger partial charge in [0, 0.05) is 6.20 Å². The summed E-state index contributed by atoms with van der Waals surface area (Å²) in [6.45, 7) is 0. The Morgan fingerprint density at radius 2 is 2.06 bits per heavy atom. The number of carbonyl (C=O) groups is 1. The Labute approximate surface area is 110 Å². The lowest BCUT2D eigenvalue weighted by atomic mass is 10.2. The number of aromatic nitrogens is 1. The van der Waals surface area contributed by atoms with E-state index >= 15 is 0 Å². The summed E-state index contributed by atoms with van der Waals surface area (Å²) in [4.78, 5) is 16.1. The molecule has 1 heterocycles. The molecule has 0 bridgehead atoms. The number of carbonyl (C=O) groups excluding carboxylic acids is 1. The zero-order valence-corrected chi connectivity index (χ0v) is 10.4. The van der Waals surface area contributed by atoms with Crippen molar-refractivity contribution in [2.45, 2.75) is 0 Å². The van der Waals surface area contributed by atoms with Crippen molar-refractivity contribution in [1.82, 2.24) is 4.98 Å². The molecule has 4 nitrogen and oxygen atoms in total. The van der Waals surface area contributed by atoms with Crippen LogP contribution in [0, 0.1) is 0 Å². The van der Waals surface area contributed by atoms with Gasteiger partial charge in [0.25, 0.3) is 5.91 Å². The van der Waals surface area contributed by atoms with Gasteiger partial charge >= 0.3 is 0 Å². The molecule has 1 N–H and O–H groups in total. The Kier molecular flexibility index (Phi) is 3.79. The van der Waals surface area contributed by atoms with E-state index < -0.39 is 0 Å². The maximum atomic E-state index is 12.0. The molecule has 0 aliphatic heterocycles. The number of benzene rings is 1. The van der Waals surface area contributed by atoms with Crippen LogP contribution in [0.2, 0.25) is 5.02 Å². The van der Waals surface area contributed by atoms with Gasteiger partial charge in [-0.05, 0) is 24.3 Å². The molecule has 0 fully saturated rings. The normalized spacial score (nSPS) is 9.89. The zero-order valence-electron chi connectivity index (χ0n) is 9.68. The number of hydrogen-bond donors (Lipinski definition) is 1. The molecule has 2 aromatic rings. The van der Waals surface area contributed by atoms with Crippen molar-refractivity contribution in [1.29, 1.82) is 0 Å². The van der Waals surface area contributed by atoms with Crippen LogP contribution < -0.4 is 10.1 Å². The SMILES string of the molecule is COc1cccnc1NC(=O)c1ccccc1Cl. The molecule has 0 saturated heterocycles. The van der Waals surface area contributed by atoms with Crippen molar-refractivity contribution < 1.29 is 9.53 Å². The fraction of sp³-hybridized carbons (Fsp3) is 0.0769. The van der Waals surface area contributed by atoms with Crippen LogP contribution in [-0.4, -0.2) is 18.0 Å². The van der Waals surface area contributed by atoms with E-state index in [1.54, 1.807) is 42.6 Å². The third-order valence-corrected chi connectivity index (χ3v) is 2.67. The molecular formula is C13H11ClN2O2. The average Bonchev–Trinajstić information content (AvgIpc) is 2.39.